The molecule has 0 saturated carbocycles. The summed E-state index contributed by atoms with van der Waals surface area (Å²) in [6.45, 7) is 0. The first kappa shape index (κ1) is 35.7. The van der Waals surface area contributed by atoms with Crippen LogP contribution in [-0.4, -0.2) is 0 Å². The van der Waals surface area contributed by atoms with Crippen LogP contribution in [0.15, 0.2) is 241 Å². The zero-order chi connectivity index (χ0) is 41.0. The van der Waals surface area contributed by atoms with E-state index in [0.29, 0.717) is 0 Å². The molecule has 2 nitrogen and oxygen atoms in total. The predicted molar refractivity (Wildman–Crippen MR) is 263 cm³/mol. The maximum atomic E-state index is 6.61. The molecule has 1 aromatic heterocycles. The summed E-state index contributed by atoms with van der Waals surface area (Å²) in [4.78, 5) is 2.42. The lowest BCUT2D eigenvalue weighted by atomic mass is 9.92. The van der Waals surface area contributed by atoms with Crippen LogP contribution in [-0.2, 0) is 0 Å². The van der Waals surface area contributed by atoms with Crippen LogP contribution in [0, 0.1) is 0 Å². The molecule has 0 atom stereocenters. The van der Waals surface area contributed by atoms with Crippen molar-refractivity contribution < 1.29 is 4.42 Å². The number of benzene rings is 11. The molecule has 0 fully saturated rings. The topological polar surface area (TPSA) is 16.4 Å². The first-order chi connectivity index (χ1) is 30.7. The minimum atomic E-state index is 0.875. The van der Waals surface area contributed by atoms with Crippen LogP contribution in [0.25, 0.3) is 98.8 Å². The van der Waals surface area contributed by atoms with E-state index in [1.165, 1.54) is 65.7 Å². The molecule has 0 radical (unpaired) electrons. The number of nitrogens with zero attached hydrogens (tertiary/aromatic N) is 1. The molecule has 0 bridgehead atoms. The molecular formula is C60H39NO. The molecule has 0 aliphatic carbocycles. The van der Waals surface area contributed by atoms with Crippen molar-refractivity contribution in [3.63, 3.8) is 0 Å². The molecule has 12 aromatic rings. The lowest BCUT2D eigenvalue weighted by Crippen LogP contribution is -2.11. The van der Waals surface area contributed by atoms with Crippen molar-refractivity contribution in [2.24, 2.45) is 0 Å². The number of hydrogen-bond donors (Lipinski definition) is 0. The van der Waals surface area contributed by atoms with E-state index in [1.807, 2.05) is 0 Å². The first-order valence-corrected chi connectivity index (χ1v) is 21.2. The van der Waals surface area contributed by atoms with Gasteiger partial charge < -0.3 is 9.32 Å². The highest BCUT2D eigenvalue weighted by molar-refractivity contribution is 6.17. The second-order valence-electron chi connectivity index (χ2n) is 16.0. The van der Waals surface area contributed by atoms with Gasteiger partial charge in [-0.05, 0) is 120 Å². The van der Waals surface area contributed by atoms with Crippen molar-refractivity contribution in [2.75, 3.05) is 4.90 Å². The zero-order valence-electron chi connectivity index (χ0n) is 33.9. The molecule has 0 unspecified atom stereocenters. The molecule has 11 aromatic carbocycles. The summed E-state index contributed by atoms with van der Waals surface area (Å²) in [5.74, 6) is 0. The van der Waals surface area contributed by atoms with Gasteiger partial charge >= 0.3 is 0 Å². The van der Waals surface area contributed by atoms with Crippen LogP contribution in [0.5, 0.6) is 0 Å². The van der Waals surface area contributed by atoms with Gasteiger partial charge in [0.2, 0.25) is 0 Å². The Labute approximate surface area is 360 Å². The zero-order valence-corrected chi connectivity index (χ0v) is 33.9. The number of furan rings is 1. The highest BCUT2D eigenvalue weighted by Gasteiger charge is 2.22. The normalized spacial score (nSPS) is 11.5. The highest BCUT2D eigenvalue weighted by Crippen LogP contribution is 2.47. The Bertz CT molecular complexity index is 3620. The largest absolute Gasteiger partial charge is 0.456 e. The Morgan fingerprint density at radius 2 is 0.871 bits per heavy atom. The molecule has 290 valence electrons. The Balaban J connectivity index is 1.07. The Morgan fingerprint density at radius 1 is 0.274 bits per heavy atom. The van der Waals surface area contributed by atoms with Gasteiger partial charge in [-0.2, -0.15) is 0 Å². The fraction of sp³-hybridized carbons (Fsp3) is 0. The number of anilines is 3. The van der Waals surface area contributed by atoms with Gasteiger partial charge in [-0.1, -0.05) is 188 Å². The molecular weight excluding hydrogens is 751 g/mol. The molecule has 0 amide bonds. The van der Waals surface area contributed by atoms with Gasteiger partial charge in [-0.3, -0.25) is 0 Å². The van der Waals surface area contributed by atoms with Crippen LogP contribution < -0.4 is 4.90 Å². The lowest BCUT2D eigenvalue weighted by molar-refractivity contribution is 0.669. The molecule has 0 N–H and O–H groups in total. The summed E-state index contributed by atoms with van der Waals surface area (Å²) >= 11 is 0. The van der Waals surface area contributed by atoms with Gasteiger partial charge in [0, 0.05) is 27.7 Å². The minimum absolute atomic E-state index is 0.875. The fourth-order valence-corrected chi connectivity index (χ4v) is 9.54. The average Bonchev–Trinajstić information content (AvgIpc) is 3.71. The Kier molecular flexibility index (Phi) is 8.53. The van der Waals surface area contributed by atoms with E-state index < -0.39 is 0 Å². The van der Waals surface area contributed by atoms with Gasteiger partial charge in [0.25, 0.3) is 0 Å². The smallest absolute Gasteiger partial charge is 0.136 e. The third-order valence-electron chi connectivity index (χ3n) is 12.5. The van der Waals surface area contributed by atoms with Gasteiger partial charge in [0.15, 0.2) is 0 Å². The van der Waals surface area contributed by atoms with Gasteiger partial charge in [0.05, 0.1) is 5.69 Å². The quantitative estimate of drug-likeness (QED) is 0.150. The van der Waals surface area contributed by atoms with Gasteiger partial charge in [-0.25, -0.2) is 0 Å². The van der Waals surface area contributed by atoms with E-state index in [-0.39, 0.29) is 0 Å². The van der Waals surface area contributed by atoms with E-state index in [1.54, 1.807) is 0 Å². The maximum absolute atomic E-state index is 6.61. The third-order valence-corrected chi connectivity index (χ3v) is 12.5. The van der Waals surface area contributed by atoms with E-state index in [9.17, 15) is 0 Å². The van der Waals surface area contributed by atoms with Gasteiger partial charge in [-0.15, -0.1) is 0 Å². The van der Waals surface area contributed by atoms with Crippen LogP contribution >= 0.6 is 0 Å². The lowest BCUT2D eigenvalue weighted by Gasteiger charge is -2.29. The van der Waals surface area contributed by atoms with Crippen molar-refractivity contribution >= 4 is 71.3 Å². The standard InChI is InChI=1S/C60H39NO/c1-3-15-40(16-4-1)50-36-34-47(39-55(50)41-17-5-2-6-18-41)61(46-32-29-43(30-33-46)49-24-13-25-51-48-22-10-9-19-42(48)31-35-52(49)51)57-27-12-11-23-53(57)54-26-14-28-58-60(54)56-37-44-20-7-8-21-45(44)38-59(56)62-58/h1-39H. The van der Waals surface area contributed by atoms with E-state index >= 15 is 0 Å². The molecule has 12 rings (SSSR count). The van der Waals surface area contributed by atoms with Crippen molar-refractivity contribution in [1.29, 1.82) is 0 Å². The molecule has 1 heterocycles. The number of para-hydroxylation sites is 1. The number of fused-ring (bicyclic) bond motifs is 7. The SMILES string of the molecule is c1ccc(-c2ccc(N(c3ccc(-c4cccc5c4ccc4ccccc45)cc3)c3ccccc3-c3cccc4oc5cc6ccccc6cc5c34)cc2-c2ccccc2)cc1. The summed E-state index contributed by atoms with van der Waals surface area (Å²) < 4.78 is 6.61. The van der Waals surface area contributed by atoms with Crippen LogP contribution in [0.4, 0.5) is 17.1 Å². The molecule has 62 heavy (non-hydrogen) atoms. The Morgan fingerprint density at radius 3 is 1.68 bits per heavy atom. The highest BCUT2D eigenvalue weighted by atomic mass is 16.3. The van der Waals surface area contributed by atoms with Crippen LogP contribution in [0.2, 0.25) is 0 Å². The van der Waals surface area contributed by atoms with Crippen molar-refractivity contribution in [2.45, 2.75) is 0 Å². The van der Waals surface area contributed by atoms with Gasteiger partial charge in [0.1, 0.15) is 11.2 Å². The van der Waals surface area contributed by atoms with E-state index in [4.69, 9.17) is 4.42 Å². The third kappa shape index (κ3) is 6.04. The first-order valence-electron chi connectivity index (χ1n) is 21.2. The molecule has 0 saturated heterocycles. The summed E-state index contributed by atoms with van der Waals surface area (Å²) in [6, 6.07) is 85.5. The maximum Gasteiger partial charge on any atom is 0.136 e. The summed E-state index contributed by atoms with van der Waals surface area (Å²) in [7, 11) is 0. The van der Waals surface area contributed by atoms with Crippen LogP contribution in [0.1, 0.15) is 0 Å². The van der Waals surface area contributed by atoms with Crippen LogP contribution in [0.3, 0.4) is 0 Å². The molecule has 0 aliphatic rings. The van der Waals surface area contributed by atoms with E-state index in [0.717, 1.165) is 50.1 Å². The summed E-state index contributed by atoms with van der Waals surface area (Å²) in [5.41, 5.74) is 14.3. The molecule has 0 spiro atoms. The monoisotopic (exact) mass is 789 g/mol. The molecule has 0 aliphatic heterocycles. The van der Waals surface area contributed by atoms with Crippen molar-refractivity contribution in [3.8, 4) is 44.5 Å². The second-order valence-corrected chi connectivity index (χ2v) is 16.0. The molecule has 2 heteroatoms. The minimum Gasteiger partial charge on any atom is -0.456 e. The van der Waals surface area contributed by atoms with Crippen molar-refractivity contribution in [1.82, 2.24) is 0 Å². The summed E-state index contributed by atoms with van der Waals surface area (Å²) in [5, 5.41) is 9.62. The Hall–Kier alpha value is -8.20. The second kappa shape index (κ2) is 14.8. The van der Waals surface area contributed by atoms with E-state index in [2.05, 4.69) is 241 Å². The predicted octanol–water partition coefficient (Wildman–Crippen LogP) is 17.2. The number of rotatable bonds is 7. The summed E-state index contributed by atoms with van der Waals surface area (Å²) in [6.07, 6.45) is 0. The van der Waals surface area contributed by atoms with Crippen molar-refractivity contribution in [3.05, 3.63) is 237 Å². The average molecular weight is 790 g/mol. The fourth-order valence-electron chi connectivity index (χ4n) is 9.54. The number of hydrogen-bond acceptors (Lipinski definition) is 2.